The van der Waals surface area contributed by atoms with Crippen LogP contribution in [0.15, 0.2) is 16.6 Å². The summed E-state index contributed by atoms with van der Waals surface area (Å²) < 4.78 is 36.8. The first-order valence-electron chi connectivity index (χ1n) is 3.63. The average molecular weight is 284 g/mol. The van der Waals surface area contributed by atoms with Crippen molar-refractivity contribution in [1.82, 2.24) is 0 Å². The zero-order valence-electron chi connectivity index (χ0n) is 7.10. The molecule has 0 aromatic heterocycles. The molecule has 1 rings (SSSR count). The van der Waals surface area contributed by atoms with Crippen molar-refractivity contribution in [2.24, 2.45) is 0 Å². The van der Waals surface area contributed by atoms with Crippen LogP contribution in [0.4, 0.5) is 18.9 Å². The summed E-state index contributed by atoms with van der Waals surface area (Å²) in [5.74, 6) is -1.50. The summed E-state index contributed by atoms with van der Waals surface area (Å²) >= 11 is 2.77. The fourth-order valence-corrected chi connectivity index (χ4v) is 1.42. The van der Waals surface area contributed by atoms with Crippen molar-refractivity contribution in [2.45, 2.75) is 6.18 Å². The number of alkyl halides is 3. The molecule has 0 heterocycles. The summed E-state index contributed by atoms with van der Waals surface area (Å²) in [7, 11) is 0. The van der Waals surface area contributed by atoms with Gasteiger partial charge in [0.15, 0.2) is 0 Å². The van der Waals surface area contributed by atoms with Gasteiger partial charge in [-0.3, -0.25) is 0 Å². The topological polar surface area (TPSA) is 63.3 Å². The highest BCUT2D eigenvalue weighted by Crippen LogP contribution is 2.35. The maximum atomic E-state index is 12.3. The maximum Gasteiger partial charge on any atom is 0.416 e. The standard InChI is InChI=1S/C8H5BrF3NO2/c9-5-2-3(8(10,11)12)1-4(6(5)13)7(14)15/h1-2H,13H2,(H,14,15). The molecule has 1 aromatic rings. The van der Waals surface area contributed by atoms with Crippen LogP contribution >= 0.6 is 15.9 Å². The normalized spacial score (nSPS) is 11.5. The van der Waals surface area contributed by atoms with Gasteiger partial charge in [0.1, 0.15) is 0 Å². The van der Waals surface area contributed by atoms with Crippen LogP contribution in [0, 0.1) is 0 Å². The monoisotopic (exact) mass is 283 g/mol. The molecule has 0 saturated carbocycles. The summed E-state index contributed by atoms with van der Waals surface area (Å²) in [6, 6.07) is 1.24. The van der Waals surface area contributed by atoms with Crippen molar-refractivity contribution >= 4 is 27.6 Å². The number of halogens is 4. The SMILES string of the molecule is Nc1c(Br)cc(C(F)(F)F)cc1C(=O)O. The number of hydrogen-bond donors (Lipinski definition) is 2. The summed E-state index contributed by atoms with van der Waals surface area (Å²) in [5, 5.41) is 8.61. The second-order valence-corrected chi connectivity index (χ2v) is 3.58. The quantitative estimate of drug-likeness (QED) is 0.779. The Morgan fingerprint density at radius 2 is 1.93 bits per heavy atom. The molecule has 0 aliphatic carbocycles. The first kappa shape index (κ1) is 11.8. The molecule has 1 aromatic carbocycles. The molecule has 0 bridgehead atoms. The largest absolute Gasteiger partial charge is 0.478 e. The Morgan fingerprint density at radius 3 is 2.33 bits per heavy atom. The third-order valence-corrected chi connectivity index (χ3v) is 2.34. The van der Waals surface area contributed by atoms with E-state index in [1.807, 2.05) is 0 Å². The van der Waals surface area contributed by atoms with Crippen molar-refractivity contribution < 1.29 is 23.1 Å². The van der Waals surface area contributed by atoms with Crippen molar-refractivity contribution in [3.63, 3.8) is 0 Å². The number of nitrogen functional groups attached to an aromatic ring is 1. The van der Waals surface area contributed by atoms with E-state index in [0.717, 1.165) is 6.07 Å². The zero-order valence-corrected chi connectivity index (χ0v) is 8.69. The number of aromatic carboxylic acids is 1. The van der Waals surface area contributed by atoms with Crippen LogP contribution in [0.5, 0.6) is 0 Å². The second kappa shape index (κ2) is 3.73. The van der Waals surface area contributed by atoms with Gasteiger partial charge >= 0.3 is 12.1 Å². The van der Waals surface area contributed by atoms with Gasteiger partial charge in [0.2, 0.25) is 0 Å². The van der Waals surface area contributed by atoms with Gasteiger partial charge in [-0.25, -0.2) is 4.79 Å². The molecule has 3 N–H and O–H groups in total. The highest BCUT2D eigenvalue weighted by Gasteiger charge is 2.32. The van der Waals surface area contributed by atoms with Gasteiger partial charge in [-0.05, 0) is 28.1 Å². The van der Waals surface area contributed by atoms with Gasteiger partial charge in [0.25, 0.3) is 0 Å². The molecule has 0 aliphatic rings. The lowest BCUT2D eigenvalue weighted by molar-refractivity contribution is -0.137. The number of hydrogen-bond acceptors (Lipinski definition) is 2. The Bertz CT molecular complexity index is 417. The molecule has 0 atom stereocenters. The molecule has 0 radical (unpaired) electrons. The average Bonchev–Trinajstić information content (AvgIpc) is 2.06. The highest BCUT2D eigenvalue weighted by molar-refractivity contribution is 9.10. The first-order chi connectivity index (χ1) is 6.73. The third-order valence-electron chi connectivity index (χ3n) is 1.69. The fraction of sp³-hybridized carbons (Fsp3) is 0.125. The molecule has 15 heavy (non-hydrogen) atoms. The molecule has 0 saturated heterocycles. The molecule has 3 nitrogen and oxygen atoms in total. The maximum absolute atomic E-state index is 12.3. The Morgan fingerprint density at radius 1 is 1.40 bits per heavy atom. The van der Waals surface area contributed by atoms with Gasteiger partial charge in [-0.15, -0.1) is 0 Å². The molecule has 0 fully saturated rings. The summed E-state index contributed by atoms with van der Waals surface area (Å²) in [6.45, 7) is 0. The van der Waals surface area contributed by atoms with Crippen LogP contribution in [-0.2, 0) is 6.18 Å². The second-order valence-electron chi connectivity index (χ2n) is 2.72. The minimum absolute atomic E-state index is 0.0882. The van der Waals surface area contributed by atoms with E-state index in [1.165, 1.54) is 0 Å². The number of carbonyl (C=O) groups is 1. The number of benzene rings is 1. The van der Waals surface area contributed by atoms with E-state index in [-0.39, 0.29) is 10.2 Å². The first-order valence-corrected chi connectivity index (χ1v) is 4.42. The number of rotatable bonds is 1. The molecule has 0 unspecified atom stereocenters. The lowest BCUT2D eigenvalue weighted by atomic mass is 10.1. The van der Waals surface area contributed by atoms with Crippen molar-refractivity contribution in [1.29, 1.82) is 0 Å². The summed E-state index contributed by atoms with van der Waals surface area (Å²) in [5.41, 5.74) is 3.45. The zero-order chi connectivity index (χ0) is 11.8. The lowest BCUT2D eigenvalue weighted by Crippen LogP contribution is -2.10. The highest BCUT2D eigenvalue weighted by atomic mass is 79.9. The van der Waals surface area contributed by atoms with Gasteiger partial charge in [0.05, 0.1) is 16.8 Å². The molecular formula is C8H5BrF3NO2. The predicted molar refractivity (Wildman–Crippen MR) is 50.5 cm³/mol. The molecule has 7 heteroatoms. The van der Waals surface area contributed by atoms with Crippen molar-refractivity contribution in [3.8, 4) is 0 Å². The number of carboxylic acids is 1. The Hall–Kier alpha value is -1.24. The van der Waals surface area contributed by atoms with Crippen molar-refractivity contribution in [2.75, 3.05) is 5.73 Å². The van der Waals surface area contributed by atoms with E-state index in [4.69, 9.17) is 10.8 Å². The smallest absolute Gasteiger partial charge is 0.416 e. The fourth-order valence-electron chi connectivity index (χ4n) is 0.958. The molecule has 0 spiro atoms. The Labute approximate surface area is 90.8 Å². The lowest BCUT2D eigenvalue weighted by Gasteiger charge is -2.10. The van der Waals surface area contributed by atoms with Gasteiger partial charge in [-0.1, -0.05) is 0 Å². The van der Waals surface area contributed by atoms with Crippen LogP contribution in [0.1, 0.15) is 15.9 Å². The number of carboxylic acid groups (broad SMARTS) is 1. The summed E-state index contributed by atoms with van der Waals surface area (Å²) in [6.07, 6.45) is -4.60. The van der Waals surface area contributed by atoms with Crippen LogP contribution in [0.25, 0.3) is 0 Å². The number of nitrogens with two attached hydrogens (primary N) is 1. The summed E-state index contributed by atoms with van der Waals surface area (Å²) in [4.78, 5) is 10.6. The van der Waals surface area contributed by atoms with Gasteiger partial charge in [0, 0.05) is 4.47 Å². The molecular weight excluding hydrogens is 279 g/mol. The van der Waals surface area contributed by atoms with Crippen LogP contribution in [-0.4, -0.2) is 11.1 Å². The van der Waals surface area contributed by atoms with Crippen LogP contribution in [0.3, 0.4) is 0 Å². The van der Waals surface area contributed by atoms with Crippen LogP contribution < -0.4 is 5.73 Å². The van der Waals surface area contributed by atoms with E-state index in [1.54, 1.807) is 0 Å². The third kappa shape index (κ3) is 2.41. The van der Waals surface area contributed by atoms with E-state index < -0.39 is 23.3 Å². The molecule has 0 amide bonds. The van der Waals surface area contributed by atoms with Gasteiger partial charge in [-0.2, -0.15) is 13.2 Å². The number of anilines is 1. The minimum Gasteiger partial charge on any atom is -0.478 e. The molecule has 0 aliphatic heterocycles. The van der Waals surface area contributed by atoms with E-state index in [0.29, 0.717) is 6.07 Å². The van der Waals surface area contributed by atoms with E-state index in [2.05, 4.69) is 15.9 Å². The van der Waals surface area contributed by atoms with E-state index >= 15 is 0 Å². The van der Waals surface area contributed by atoms with E-state index in [9.17, 15) is 18.0 Å². The Balaban J connectivity index is 3.43. The van der Waals surface area contributed by atoms with Crippen LogP contribution in [0.2, 0.25) is 0 Å². The minimum atomic E-state index is -4.60. The molecule has 82 valence electrons. The predicted octanol–water partition coefficient (Wildman–Crippen LogP) is 2.75. The van der Waals surface area contributed by atoms with Gasteiger partial charge < -0.3 is 10.8 Å². The Kier molecular flexibility index (Phi) is 2.94. The van der Waals surface area contributed by atoms with Crippen molar-refractivity contribution in [3.05, 3.63) is 27.7 Å².